The molecule has 0 aliphatic rings. The van der Waals surface area contributed by atoms with Gasteiger partial charge in [-0.2, -0.15) is 0 Å². The number of aromatic nitrogens is 2. The lowest BCUT2D eigenvalue weighted by atomic mass is 10.1. The highest BCUT2D eigenvalue weighted by Crippen LogP contribution is 2.17. The molecule has 0 unspecified atom stereocenters. The van der Waals surface area contributed by atoms with E-state index >= 15 is 0 Å². The molecule has 2 nitrogen and oxygen atoms in total. The Morgan fingerprint density at radius 1 is 1.15 bits per heavy atom. The topological polar surface area (TPSA) is 25.8 Å². The van der Waals surface area contributed by atoms with Crippen LogP contribution in [0.3, 0.4) is 0 Å². The third kappa shape index (κ3) is 4.02. The number of rotatable bonds is 4. The third-order valence-electron chi connectivity index (χ3n) is 2.74. The Kier molecular flexibility index (Phi) is 4.61. The smallest absolute Gasteiger partial charge is 0.0885 e. The maximum atomic E-state index is 4.45. The Bertz CT molecular complexity index is 649. The molecule has 1 aromatic carbocycles. The molecule has 0 aliphatic carbocycles. The molecule has 2 rings (SSSR count). The Morgan fingerprint density at radius 3 is 2.65 bits per heavy atom. The van der Waals surface area contributed by atoms with E-state index in [0.29, 0.717) is 0 Å². The van der Waals surface area contributed by atoms with Gasteiger partial charge in [-0.1, -0.05) is 54.1 Å². The van der Waals surface area contributed by atoms with Gasteiger partial charge in [0, 0.05) is 5.56 Å². The number of hydrogen-bond donors (Lipinski definition) is 0. The van der Waals surface area contributed by atoms with Crippen molar-refractivity contribution in [1.82, 2.24) is 9.97 Å². The molecule has 0 spiro atoms. The largest absolute Gasteiger partial charge is 0.253 e. The normalized spacial score (nSPS) is 11.3. The summed E-state index contributed by atoms with van der Waals surface area (Å²) in [5, 5.41) is 0. The molecule has 100 valence electrons. The summed E-state index contributed by atoms with van der Waals surface area (Å²) in [6.45, 7) is 7.83. The number of hydrogen-bond acceptors (Lipinski definition) is 2. The van der Waals surface area contributed by atoms with Crippen LogP contribution in [0.2, 0.25) is 0 Å². The summed E-state index contributed by atoms with van der Waals surface area (Å²) >= 11 is 0. The Morgan fingerprint density at radius 2 is 2.00 bits per heavy atom. The molecule has 0 bridgehead atoms. The van der Waals surface area contributed by atoms with Gasteiger partial charge in [-0.15, -0.1) is 0 Å². The average Bonchev–Trinajstić information content (AvgIpc) is 2.44. The fraction of sp³-hybridized carbons (Fsp3) is 0.111. The first kappa shape index (κ1) is 13.9. The van der Waals surface area contributed by atoms with E-state index in [0.717, 1.165) is 22.5 Å². The van der Waals surface area contributed by atoms with E-state index in [1.807, 2.05) is 43.4 Å². The second kappa shape index (κ2) is 6.62. The van der Waals surface area contributed by atoms with Crippen molar-refractivity contribution in [2.75, 3.05) is 0 Å². The first-order chi connectivity index (χ1) is 9.65. The summed E-state index contributed by atoms with van der Waals surface area (Å²) < 4.78 is 0. The minimum Gasteiger partial charge on any atom is -0.253 e. The van der Waals surface area contributed by atoms with Crippen LogP contribution in [0.25, 0.3) is 17.3 Å². The van der Waals surface area contributed by atoms with Crippen LogP contribution in [-0.4, -0.2) is 9.97 Å². The van der Waals surface area contributed by atoms with Gasteiger partial charge in [-0.3, -0.25) is 9.97 Å². The van der Waals surface area contributed by atoms with Gasteiger partial charge < -0.3 is 0 Å². The van der Waals surface area contributed by atoms with Crippen LogP contribution in [-0.2, 0) is 0 Å². The molecular formula is C18H18N2. The van der Waals surface area contributed by atoms with Gasteiger partial charge in [0.2, 0.25) is 0 Å². The zero-order chi connectivity index (χ0) is 14.4. The van der Waals surface area contributed by atoms with Gasteiger partial charge in [0.1, 0.15) is 0 Å². The highest BCUT2D eigenvalue weighted by atomic mass is 14.8. The number of nitrogens with zero attached hydrogens (tertiary/aromatic N) is 2. The first-order valence-corrected chi connectivity index (χ1v) is 6.54. The van der Waals surface area contributed by atoms with Crippen LogP contribution >= 0.6 is 0 Å². The van der Waals surface area contributed by atoms with Gasteiger partial charge in [-0.25, -0.2) is 0 Å². The van der Waals surface area contributed by atoms with Crippen molar-refractivity contribution in [3.05, 3.63) is 78.3 Å². The standard InChI is InChI=1S/C18H18N2/c1-14(2)7-4-5-10-17-12-20-18(13-19-17)16-9-6-8-15(3)11-16/h4-13H,1H2,2-3H3. The van der Waals surface area contributed by atoms with Gasteiger partial charge in [-0.05, 0) is 26.0 Å². The van der Waals surface area contributed by atoms with Crippen molar-refractivity contribution < 1.29 is 0 Å². The van der Waals surface area contributed by atoms with E-state index in [-0.39, 0.29) is 0 Å². The molecule has 0 saturated heterocycles. The summed E-state index contributed by atoms with van der Waals surface area (Å²) in [6, 6.07) is 8.25. The molecule has 1 heterocycles. The molecular weight excluding hydrogens is 244 g/mol. The maximum Gasteiger partial charge on any atom is 0.0885 e. The van der Waals surface area contributed by atoms with Crippen molar-refractivity contribution in [3.8, 4) is 11.3 Å². The summed E-state index contributed by atoms with van der Waals surface area (Å²) in [6.07, 6.45) is 11.3. The zero-order valence-corrected chi connectivity index (χ0v) is 11.9. The first-order valence-electron chi connectivity index (χ1n) is 6.54. The lowest BCUT2D eigenvalue weighted by Crippen LogP contribution is -1.88. The van der Waals surface area contributed by atoms with Crippen molar-refractivity contribution in [2.45, 2.75) is 13.8 Å². The average molecular weight is 262 g/mol. The molecule has 1 aromatic heterocycles. The van der Waals surface area contributed by atoms with Crippen LogP contribution in [0.15, 0.2) is 67.0 Å². The summed E-state index contributed by atoms with van der Waals surface area (Å²) in [5.41, 5.74) is 5.07. The molecule has 0 radical (unpaired) electrons. The summed E-state index contributed by atoms with van der Waals surface area (Å²) in [5.74, 6) is 0. The molecule has 0 aliphatic heterocycles. The molecule has 20 heavy (non-hydrogen) atoms. The summed E-state index contributed by atoms with van der Waals surface area (Å²) in [7, 11) is 0. The predicted molar refractivity (Wildman–Crippen MR) is 85.2 cm³/mol. The molecule has 0 amide bonds. The molecule has 2 heteroatoms. The Hall–Kier alpha value is -2.48. The molecule has 2 aromatic rings. The fourth-order valence-corrected chi connectivity index (χ4v) is 1.75. The van der Waals surface area contributed by atoms with Gasteiger partial charge in [0.05, 0.1) is 23.8 Å². The second-order valence-electron chi connectivity index (χ2n) is 4.76. The van der Waals surface area contributed by atoms with Gasteiger partial charge in [0.15, 0.2) is 0 Å². The third-order valence-corrected chi connectivity index (χ3v) is 2.74. The number of benzene rings is 1. The molecule has 0 atom stereocenters. The van der Waals surface area contributed by atoms with Gasteiger partial charge >= 0.3 is 0 Å². The van der Waals surface area contributed by atoms with E-state index in [9.17, 15) is 0 Å². The van der Waals surface area contributed by atoms with E-state index in [1.54, 1.807) is 12.4 Å². The van der Waals surface area contributed by atoms with E-state index in [2.05, 4.69) is 35.6 Å². The molecule has 0 N–H and O–H groups in total. The van der Waals surface area contributed by atoms with Gasteiger partial charge in [0.25, 0.3) is 0 Å². The van der Waals surface area contributed by atoms with E-state index in [1.165, 1.54) is 5.56 Å². The van der Waals surface area contributed by atoms with E-state index in [4.69, 9.17) is 0 Å². The van der Waals surface area contributed by atoms with Crippen molar-refractivity contribution >= 4 is 6.08 Å². The van der Waals surface area contributed by atoms with E-state index < -0.39 is 0 Å². The maximum absolute atomic E-state index is 4.45. The Labute approximate surface area is 120 Å². The van der Waals surface area contributed by atoms with Crippen LogP contribution in [0.1, 0.15) is 18.2 Å². The van der Waals surface area contributed by atoms with Crippen LogP contribution in [0.5, 0.6) is 0 Å². The quantitative estimate of drug-likeness (QED) is 0.753. The second-order valence-corrected chi connectivity index (χ2v) is 4.76. The van der Waals surface area contributed by atoms with Crippen LogP contribution in [0, 0.1) is 6.92 Å². The lowest BCUT2D eigenvalue weighted by molar-refractivity contribution is 1.18. The zero-order valence-electron chi connectivity index (χ0n) is 11.9. The fourth-order valence-electron chi connectivity index (χ4n) is 1.75. The Balaban J connectivity index is 2.12. The van der Waals surface area contributed by atoms with Crippen LogP contribution in [0.4, 0.5) is 0 Å². The minimum absolute atomic E-state index is 0.841. The highest BCUT2D eigenvalue weighted by molar-refractivity contribution is 5.59. The minimum atomic E-state index is 0.841. The van der Waals surface area contributed by atoms with Crippen molar-refractivity contribution in [1.29, 1.82) is 0 Å². The molecule has 0 saturated carbocycles. The number of allylic oxidation sites excluding steroid dienone is 4. The van der Waals surface area contributed by atoms with Crippen LogP contribution < -0.4 is 0 Å². The highest BCUT2D eigenvalue weighted by Gasteiger charge is 1.99. The predicted octanol–water partition coefficient (Wildman–Crippen LogP) is 4.60. The summed E-state index contributed by atoms with van der Waals surface area (Å²) in [4.78, 5) is 8.84. The van der Waals surface area contributed by atoms with Crippen molar-refractivity contribution in [2.24, 2.45) is 0 Å². The van der Waals surface area contributed by atoms with Crippen molar-refractivity contribution in [3.63, 3.8) is 0 Å². The monoisotopic (exact) mass is 262 g/mol. The SMILES string of the molecule is C=C(C)C=CC=Cc1cnc(-c2cccc(C)c2)cn1. The lowest BCUT2D eigenvalue weighted by Gasteiger charge is -2.01. The molecule has 0 fully saturated rings. The number of aryl methyl sites for hydroxylation is 1.